The van der Waals surface area contributed by atoms with Gasteiger partial charge in [0.05, 0.1) is 28.2 Å². The van der Waals surface area contributed by atoms with Crippen molar-refractivity contribution in [3.63, 3.8) is 0 Å². The molecule has 5 rings (SSSR count). The van der Waals surface area contributed by atoms with E-state index in [0.29, 0.717) is 41.7 Å². The zero-order chi connectivity index (χ0) is 28.4. The first-order valence-corrected chi connectivity index (χ1v) is 14.0. The predicted octanol–water partition coefficient (Wildman–Crippen LogP) is 7.13. The highest BCUT2D eigenvalue weighted by Crippen LogP contribution is 2.37. The zero-order valence-corrected chi connectivity index (χ0v) is 24.5. The number of barbiturate groups is 1. The predicted molar refractivity (Wildman–Crippen MR) is 165 cm³/mol. The minimum absolute atomic E-state index is 0.142. The molecule has 4 aromatic carbocycles. The normalized spacial score (nSPS) is 14.8. The Labute approximate surface area is 246 Å². The molecule has 0 spiro atoms. The first kappa shape index (κ1) is 27.4. The number of fused-ring (bicyclic) bond motifs is 1. The van der Waals surface area contributed by atoms with Gasteiger partial charge in [-0.05, 0) is 96.3 Å². The first-order valence-electron chi connectivity index (χ1n) is 12.9. The van der Waals surface area contributed by atoms with Crippen LogP contribution in [-0.4, -0.2) is 31.1 Å². The molecular formula is C32H27IN2O5. The van der Waals surface area contributed by atoms with E-state index in [-0.39, 0.29) is 5.57 Å². The molecule has 0 atom stereocenters. The van der Waals surface area contributed by atoms with Gasteiger partial charge >= 0.3 is 6.03 Å². The molecule has 0 unspecified atom stereocenters. The standard InChI is InChI=1S/C32H27IN2O5/c1-4-39-28-19-21(18-26(33)29(28)40-5-2)17-25-30(36)34(23-13-8-10-20(3)16-23)32(38)35(31(25)37)27-15-9-12-22-11-6-7-14-24(22)27/h6-19H,4-5H2,1-3H3/b25-17+. The molecule has 4 amide bonds. The molecule has 7 nitrogen and oxygen atoms in total. The summed E-state index contributed by atoms with van der Waals surface area (Å²) in [6.07, 6.45) is 1.51. The van der Waals surface area contributed by atoms with Crippen LogP contribution in [0, 0.1) is 10.5 Å². The summed E-state index contributed by atoms with van der Waals surface area (Å²) in [7, 11) is 0. The Morgan fingerprint density at radius 1 is 0.800 bits per heavy atom. The smallest absolute Gasteiger partial charge is 0.343 e. The van der Waals surface area contributed by atoms with Crippen LogP contribution >= 0.6 is 22.6 Å². The Morgan fingerprint density at radius 3 is 2.25 bits per heavy atom. The van der Waals surface area contributed by atoms with E-state index in [2.05, 4.69) is 22.6 Å². The number of hydrogen-bond acceptors (Lipinski definition) is 5. The number of amides is 4. The van der Waals surface area contributed by atoms with Crippen LogP contribution in [0.15, 0.2) is 84.4 Å². The van der Waals surface area contributed by atoms with Crippen LogP contribution in [0.1, 0.15) is 25.0 Å². The third-order valence-electron chi connectivity index (χ3n) is 6.45. The first-order chi connectivity index (χ1) is 19.3. The SMILES string of the molecule is CCOc1cc(/C=C2\C(=O)N(c3cccc(C)c3)C(=O)N(c3cccc4ccccc34)C2=O)cc(I)c1OCC. The third-order valence-corrected chi connectivity index (χ3v) is 7.25. The molecule has 0 N–H and O–H groups in total. The van der Waals surface area contributed by atoms with Crippen LogP contribution in [-0.2, 0) is 9.59 Å². The van der Waals surface area contributed by atoms with Crippen LogP contribution < -0.4 is 19.3 Å². The number of carbonyl (C=O) groups is 3. The molecular weight excluding hydrogens is 619 g/mol. The number of urea groups is 1. The van der Waals surface area contributed by atoms with E-state index in [1.54, 1.807) is 36.4 Å². The summed E-state index contributed by atoms with van der Waals surface area (Å²) < 4.78 is 12.4. The van der Waals surface area contributed by atoms with Crippen LogP contribution in [0.4, 0.5) is 16.2 Å². The van der Waals surface area contributed by atoms with E-state index < -0.39 is 17.8 Å². The van der Waals surface area contributed by atoms with Gasteiger partial charge in [0.1, 0.15) is 5.57 Å². The van der Waals surface area contributed by atoms with Gasteiger partial charge in [0.15, 0.2) is 11.5 Å². The van der Waals surface area contributed by atoms with Gasteiger partial charge in [-0.1, -0.05) is 48.5 Å². The summed E-state index contributed by atoms with van der Waals surface area (Å²) in [6, 6.07) is 22.8. The third kappa shape index (κ3) is 5.06. The molecule has 0 saturated carbocycles. The van der Waals surface area contributed by atoms with Gasteiger partial charge in [0, 0.05) is 5.39 Å². The maximum Gasteiger partial charge on any atom is 0.343 e. The van der Waals surface area contributed by atoms with Crippen molar-refractivity contribution in [1.29, 1.82) is 0 Å². The Morgan fingerprint density at radius 2 is 1.50 bits per heavy atom. The number of aryl methyl sites for hydroxylation is 1. The molecule has 0 radical (unpaired) electrons. The van der Waals surface area contributed by atoms with Gasteiger partial charge in [0.2, 0.25) is 0 Å². The Hall–Kier alpha value is -4.18. The second-order valence-corrected chi connectivity index (χ2v) is 10.3. The highest BCUT2D eigenvalue weighted by molar-refractivity contribution is 14.1. The van der Waals surface area contributed by atoms with Crippen molar-refractivity contribution in [3.8, 4) is 11.5 Å². The average molecular weight is 646 g/mol. The fraction of sp³-hybridized carbons (Fsp3) is 0.156. The number of ether oxygens (including phenoxy) is 2. The molecule has 8 heteroatoms. The number of imide groups is 2. The second kappa shape index (κ2) is 11.5. The van der Waals surface area contributed by atoms with Gasteiger partial charge in [-0.3, -0.25) is 9.59 Å². The number of rotatable bonds is 7. The van der Waals surface area contributed by atoms with Crippen molar-refractivity contribution in [1.82, 2.24) is 0 Å². The fourth-order valence-corrected chi connectivity index (χ4v) is 5.51. The quantitative estimate of drug-likeness (QED) is 0.121. The van der Waals surface area contributed by atoms with Gasteiger partial charge in [-0.15, -0.1) is 0 Å². The fourth-order valence-electron chi connectivity index (χ4n) is 4.73. The summed E-state index contributed by atoms with van der Waals surface area (Å²) in [4.78, 5) is 44.0. The van der Waals surface area contributed by atoms with Crippen molar-refractivity contribution in [3.05, 3.63) is 99.1 Å². The van der Waals surface area contributed by atoms with Crippen LogP contribution in [0.2, 0.25) is 0 Å². The van der Waals surface area contributed by atoms with Gasteiger partial charge in [-0.2, -0.15) is 0 Å². The average Bonchev–Trinajstić information content (AvgIpc) is 2.93. The van der Waals surface area contributed by atoms with Gasteiger partial charge < -0.3 is 9.47 Å². The molecule has 1 saturated heterocycles. The Balaban J connectivity index is 1.71. The van der Waals surface area contributed by atoms with Crippen molar-refractivity contribution < 1.29 is 23.9 Å². The van der Waals surface area contributed by atoms with E-state index in [4.69, 9.17) is 9.47 Å². The van der Waals surface area contributed by atoms with Crippen LogP contribution in [0.25, 0.3) is 16.8 Å². The second-order valence-electron chi connectivity index (χ2n) is 9.16. The molecule has 0 bridgehead atoms. The highest BCUT2D eigenvalue weighted by Gasteiger charge is 2.44. The van der Waals surface area contributed by atoms with E-state index >= 15 is 0 Å². The van der Waals surface area contributed by atoms with E-state index in [1.807, 2.05) is 63.2 Å². The highest BCUT2D eigenvalue weighted by atomic mass is 127. The summed E-state index contributed by atoms with van der Waals surface area (Å²) in [5.74, 6) is -0.283. The van der Waals surface area contributed by atoms with Crippen molar-refractivity contribution in [2.75, 3.05) is 23.0 Å². The zero-order valence-electron chi connectivity index (χ0n) is 22.3. The number of halogens is 1. The van der Waals surface area contributed by atoms with Crippen LogP contribution in [0.5, 0.6) is 11.5 Å². The largest absolute Gasteiger partial charge is 0.490 e. The Bertz CT molecular complexity index is 1670. The summed E-state index contributed by atoms with van der Waals surface area (Å²) >= 11 is 2.14. The van der Waals surface area contributed by atoms with Gasteiger partial charge in [-0.25, -0.2) is 14.6 Å². The summed E-state index contributed by atoms with van der Waals surface area (Å²) in [6.45, 7) is 6.51. The number of anilines is 2. The molecule has 4 aromatic rings. The Kier molecular flexibility index (Phi) is 7.88. The van der Waals surface area contributed by atoms with Crippen molar-refractivity contribution in [2.45, 2.75) is 20.8 Å². The molecule has 1 heterocycles. The minimum atomic E-state index is -0.731. The lowest BCUT2D eigenvalue weighted by atomic mass is 10.0. The van der Waals surface area contributed by atoms with Crippen molar-refractivity contribution in [2.24, 2.45) is 0 Å². The van der Waals surface area contributed by atoms with E-state index in [0.717, 1.165) is 29.7 Å². The lowest BCUT2D eigenvalue weighted by molar-refractivity contribution is -0.121. The molecule has 40 heavy (non-hydrogen) atoms. The number of carbonyl (C=O) groups excluding carboxylic acids is 3. The molecule has 1 fully saturated rings. The molecule has 202 valence electrons. The van der Waals surface area contributed by atoms with E-state index in [1.165, 1.54) is 6.08 Å². The van der Waals surface area contributed by atoms with Crippen molar-refractivity contribution >= 4 is 68.7 Å². The van der Waals surface area contributed by atoms with Crippen LogP contribution in [0.3, 0.4) is 0 Å². The maximum absolute atomic E-state index is 14.0. The molecule has 1 aliphatic heterocycles. The molecule has 0 aliphatic carbocycles. The number of hydrogen-bond donors (Lipinski definition) is 0. The monoisotopic (exact) mass is 646 g/mol. The minimum Gasteiger partial charge on any atom is -0.490 e. The van der Waals surface area contributed by atoms with E-state index in [9.17, 15) is 14.4 Å². The summed E-state index contributed by atoms with van der Waals surface area (Å²) in [5.41, 5.74) is 2.09. The molecule has 1 aliphatic rings. The maximum atomic E-state index is 14.0. The topological polar surface area (TPSA) is 76.2 Å². The summed E-state index contributed by atoms with van der Waals surface area (Å²) in [5, 5.41) is 1.59. The lowest BCUT2D eigenvalue weighted by Crippen LogP contribution is -2.57. The molecule has 0 aromatic heterocycles. The lowest BCUT2D eigenvalue weighted by Gasteiger charge is -2.34. The number of nitrogens with zero attached hydrogens (tertiary/aromatic N) is 2. The number of benzene rings is 4. The van der Waals surface area contributed by atoms with Gasteiger partial charge in [0.25, 0.3) is 11.8 Å².